The molecule has 6 N–H and O–H groups in total. The van der Waals surface area contributed by atoms with Crippen LogP contribution in [0.4, 0.5) is 0 Å². The Kier molecular flexibility index (Phi) is 12.1. The van der Waals surface area contributed by atoms with Crippen LogP contribution >= 0.6 is 0 Å². The van der Waals surface area contributed by atoms with Crippen molar-refractivity contribution in [3.63, 3.8) is 0 Å². The summed E-state index contributed by atoms with van der Waals surface area (Å²) < 4.78 is 5.73. The molecule has 27 heavy (non-hydrogen) atoms. The van der Waals surface area contributed by atoms with Gasteiger partial charge in [-0.05, 0) is 6.42 Å². The molecule has 1 rings (SSSR count). The molecule has 1 saturated heterocycles. The van der Waals surface area contributed by atoms with Crippen molar-refractivity contribution in [1.29, 1.82) is 0 Å². The first-order valence-electron chi connectivity index (χ1n) is 10.6. The Balaban J connectivity index is 2.40. The molecule has 6 atom stereocenters. The third-order valence-corrected chi connectivity index (χ3v) is 5.40. The maximum absolute atomic E-state index is 11.5. The lowest BCUT2D eigenvalue weighted by Crippen LogP contribution is -2.67. The van der Waals surface area contributed by atoms with E-state index in [-0.39, 0.29) is 11.9 Å². The number of nitrogens with two attached hydrogens (primary N) is 1. The zero-order valence-electron chi connectivity index (χ0n) is 17.0. The van der Waals surface area contributed by atoms with Crippen LogP contribution in [0.3, 0.4) is 0 Å². The van der Waals surface area contributed by atoms with E-state index < -0.39 is 37.1 Å². The summed E-state index contributed by atoms with van der Waals surface area (Å²) in [6, 6.07) is -1.17. The summed E-state index contributed by atoms with van der Waals surface area (Å²) in [6.45, 7) is 3.16. The average Bonchev–Trinajstić information content (AvgIpc) is 2.64. The van der Waals surface area contributed by atoms with Gasteiger partial charge in [-0.25, -0.2) is 0 Å². The Morgan fingerprint density at radius 3 is 2.11 bits per heavy atom. The Morgan fingerprint density at radius 2 is 1.59 bits per heavy atom. The number of hydrogen-bond acceptors (Lipinski definition) is 6. The molecule has 0 aromatic carbocycles. The van der Waals surface area contributed by atoms with E-state index in [0.717, 1.165) is 12.8 Å². The lowest BCUT2D eigenvalue weighted by atomic mass is 9.87. The van der Waals surface area contributed by atoms with Gasteiger partial charge in [-0.15, -0.1) is 0 Å². The van der Waals surface area contributed by atoms with Crippen molar-refractivity contribution >= 4 is 5.91 Å². The zero-order chi connectivity index (χ0) is 20.2. The number of carbonyl (C=O) groups is 1. The van der Waals surface area contributed by atoms with Gasteiger partial charge in [0.1, 0.15) is 18.3 Å². The van der Waals surface area contributed by atoms with Gasteiger partial charge in [0.15, 0.2) is 0 Å². The summed E-state index contributed by atoms with van der Waals surface area (Å²) in [7, 11) is 0. The molecule has 1 amide bonds. The summed E-state index contributed by atoms with van der Waals surface area (Å²) in [5, 5.41) is 32.4. The van der Waals surface area contributed by atoms with Gasteiger partial charge < -0.3 is 31.1 Å². The molecule has 7 nitrogen and oxygen atoms in total. The standard InChI is InChI=1S/C20H40N2O5/c1-3-4-5-6-7-8-9-10-11-12-15(21)20-17(22-14(2)24)19(26)18(25)16(13-23)27-20/h15-20,23,25-26H,3-13,21H2,1-2H3,(H,22,24)/t15?,16-,17-,18-,19-,20?/m1/s1. The van der Waals surface area contributed by atoms with Gasteiger partial charge in [0, 0.05) is 13.0 Å². The average molecular weight is 389 g/mol. The molecule has 1 aliphatic rings. The molecule has 2 unspecified atom stereocenters. The van der Waals surface area contributed by atoms with E-state index in [9.17, 15) is 20.1 Å². The normalized spacial score (nSPS) is 29.5. The molecule has 0 bridgehead atoms. The van der Waals surface area contributed by atoms with Crippen LogP contribution in [-0.2, 0) is 9.53 Å². The second kappa shape index (κ2) is 13.4. The molecule has 0 aromatic heterocycles. The predicted molar refractivity (Wildman–Crippen MR) is 105 cm³/mol. The topological polar surface area (TPSA) is 125 Å². The van der Waals surface area contributed by atoms with Gasteiger partial charge in [0.05, 0.1) is 18.8 Å². The van der Waals surface area contributed by atoms with E-state index in [2.05, 4.69) is 12.2 Å². The van der Waals surface area contributed by atoms with Crippen LogP contribution in [0.2, 0.25) is 0 Å². The highest BCUT2D eigenvalue weighted by Gasteiger charge is 2.46. The van der Waals surface area contributed by atoms with Gasteiger partial charge in [-0.1, -0.05) is 64.7 Å². The highest BCUT2D eigenvalue weighted by atomic mass is 16.5. The van der Waals surface area contributed by atoms with Crippen LogP contribution in [0.1, 0.15) is 78.1 Å². The number of aliphatic hydroxyl groups is 3. The third-order valence-electron chi connectivity index (χ3n) is 5.40. The van der Waals surface area contributed by atoms with Crippen molar-refractivity contribution in [1.82, 2.24) is 5.32 Å². The molecular weight excluding hydrogens is 348 g/mol. The number of unbranched alkanes of at least 4 members (excludes halogenated alkanes) is 8. The fraction of sp³-hybridized carbons (Fsp3) is 0.950. The Bertz CT molecular complexity index is 410. The summed E-state index contributed by atoms with van der Waals surface area (Å²) in [5.74, 6) is -0.322. The summed E-state index contributed by atoms with van der Waals surface area (Å²) in [6.07, 6.45) is 7.65. The SMILES string of the molecule is CCCCCCCCCCCC(N)C1O[C@H](CO)[C@@H](O)[C@H](O)[C@H]1NC(C)=O. The van der Waals surface area contributed by atoms with E-state index in [1.54, 1.807) is 0 Å². The first kappa shape index (κ1) is 24.3. The third kappa shape index (κ3) is 8.44. The molecule has 0 aromatic rings. The monoisotopic (exact) mass is 388 g/mol. The molecule has 0 spiro atoms. The first-order chi connectivity index (χ1) is 12.9. The minimum atomic E-state index is -1.26. The second-order valence-electron chi connectivity index (χ2n) is 7.81. The van der Waals surface area contributed by atoms with E-state index >= 15 is 0 Å². The molecule has 7 heteroatoms. The minimum Gasteiger partial charge on any atom is -0.394 e. The van der Waals surface area contributed by atoms with Crippen LogP contribution in [0.5, 0.6) is 0 Å². The zero-order valence-corrected chi connectivity index (χ0v) is 17.0. The van der Waals surface area contributed by atoms with Gasteiger partial charge in [0.2, 0.25) is 5.91 Å². The lowest BCUT2D eigenvalue weighted by Gasteiger charge is -2.44. The van der Waals surface area contributed by atoms with Crippen LogP contribution in [-0.4, -0.2) is 64.3 Å². The number of rotatable bonds is 13. The van der Waals surface area contributed by atoms with Gasteiger partial charge >= 0.3 is 0 Å². The number of ether oxygens (including phenoxy) is 1. The highest BCUT2D eigenvalue weighted by Crippen LogP contribution is 2.25. The Labute approximate surface area is 163 Å². The second-order valence-corrected chi connectivity index (χ2v) is 7.81. The predicted octanol–water partition coefficient (Wildman–Crippen LogP) is 1.22. The van der Waals surface area contributed by atoms with Crippen molar-refractivity contribution in [3.8, 4) is 0 Å². The van der Waals surface area contributed by atoms with Gasteiger partial charge in [0.25, 0.3) is 0 Å². The first-order valence-corrected chi connectivity index (χ1v) is 10.6. The van der Waals surface area contributed by atoms with Gasteiger partial charge in [-0.2, -0.15) is 0 Å². The molecule has 1 fully saturated rings. The number of amides is 1. The fourth-order valence-corrected chi connectivity index (χ4v) is 3.77. The van der Waals surface area contributed by atoms with Crippen molar-refractivity contribution < 1.29 is 24.9 Å². The lowest BCUT2D eigenvalue weighted by molar-refractivity contribution is -0.200. The highest BCUT2D eigenvalue weighted by molar-refractivity contribution is 5.73. The molecule has 0 aliphatic carbocycles. The van der Waals surface area contributed by atoms with Crippen molar-refractivity contribution in [3.05, 3.63) is 0 Å². The summed E-state index contributed by atoms with van der Waals surface area (Å²) in [5.41, 5.74) is 6.28. The number of carbonyl (C=O) groups excluding carboxylic acids is 1. The summed E-state index contributed by atoms with van der Waals surface area (Å²) in [4.78, 5) is 11.5. The maximum Gasteiger partial charge on any atom is 0.217 e. The van der Waals surface area contributed by atoms with Crippen LogP contribution in [0.25, 0.3) is 0 Å². The number of hydrogen-bond donors (Lipinski definition) is 5. The van der Waals surface area contributed by atoms with Crippen molar-refractivity contribution in [2.45, 2.75) is 115 Å². The van der Waals surface area contributed by atoms with E-state index in [4.69, 9.17) is 10.5 Å². The molecule has 1 aliphatic heterocycles. The van der Waals surface area contributed by atoms with Crippen molar-refractivity contribution in [2.75, 3.05) is 6.61 Å². The molecule has 1 heterocycles. The van der Waals surface area contributed by atoms with Crippen molar-refractivity contribution in [2.24, 2.45) is 5.73 Å². The molecular formula is C20H40N2O5. The molecule has 0 saturated carbocycles. The Hall–Kier alpha value is -0.730. The van der Waals surface area contributed by atoms with E-state index in [1.165, 1.54) is 51.9 Å². The largest absolute Gasteiger partial charge is 0.394 e. The quantitative estimate of drug-likeness (QED) is 0.302. The fourth-order valence-electron chi connectivity index (χ4n) is 3.77. The smallest absolute Gasteiger partial charge is 0.217 e. The minimum absolute atomic E-state index is 0.322. The molecule has 160 valence electrons. The number of aliphatic hydroxyl groups excluding tert-OH is 3. The van der Waals surface area contributed by atoms with Crippen LogP contribution in [0.15, 0.2) is 0 Å². The molecule has 0 radical (unpaired) electrons. The van der Waals surface area contributed by atoms with Gasteiger partial charge in [-0.3, -0.25) is 4.79 Å². The van der Waals surface area contributed by atoms with E-state index in [1.807, 2.05) is 0 Å². The van der Waals surface area contributed by atoms with E-state index in [0.29, 0.717) is 6.42 Å². The maximum atomic E-state index is 11.5. The summed E-state index contributed by atoms with van der Waals surface area (Å²) >= 11 is 0. The van der Waals surface area contributed by atoms with Crippen LogP contribution in [0, 0.1) is 0 Å². The van der Waals surface area contributed by atoms with Crippen LogP contribution < -0.4 is 11.1 Å². The Morgan fingerprint density at radius 1 is 1.04 bits per heavy atom. The number of nitrogens with one attached hydrogen (secondary N) is 1.